The van der Waals surface area contributed by atoms with Crippen molar-refractivity contribution in [2.45, 2.75) is 44.8 Å². The van der Waals surface area contributed by atoms with Crippen LogP contribution in [0, 0.1) is 0 Å². The maximum atomic E-state index is 11.5. The van der Waals surface area contributed by atoms with E-state index in [1.165, 1.54) is 17.1 Å². The molecule has 7 heteroatoms. The van der Waals surface area contributed by atoms with E-state index in [0.29, 0.717) is 45.4 Å². The van der Waals surface area contributed by atoms with Gasteiger partial charge < -0.3 is 19.7 Å². The summed E-state index contributed by atoms with van der Waals surface area (Å²) in [7, 11) is 0. The molecule has 0 aromatic carbocycles. The average Bonchev–Trinajstić information content (AvgIpc) is 2.86. The van der Waals surface area contributed by atoms with Crippen LogP contribution in [0.15, 0.2) is 12.2 Å². The molecule has 0 bridgehead atoms. The molecule has 0 saturated carbocycles. The van der Waals surface area contributed by atoms with E-state index in [0.717, 1.165) is 12.8 Å². The van der Waals surface area contributed by atoms with Crippen LogP contribution in [0.1, 0.15) is 38.5 Å². The third-order valence-corrected chi connectivity index (χ3v) is 3.43. The first-order valence-electron chi connectivity index (χ1n) is 8.17. The second kappa shape index (κ2) is 12.2. The van der Waals surface area contributed by atoms with Gasteiger partial charge in [-0.3, -0.25) is 14.5 Å². The number of nitrogens with zero attached hydrogens (tertiary/aromatic N) is 1. The molecular weight excluding hydrogens is 302 g/mol. The van der Waals surface area contributed by atoms with Gasteiger partial charge in [-0.15, -0.1) is 0 Å². The van der Waals surface area contributed by atoms with E-state index >= 15 is 0 Å². The summed E-state index contributed by atoms with van der Waals surface area (Å²) >= 11 is 0. The van der Waals surface area contributed by atoms with Gasteiger partial charge in [0, 0.05) is 51.5 Å². The smallest absolute Gasteiger partial charge is 0.253 e. The number of hydrogen-bond acceptors (Lipinski definition) is 6. The van der Waals surface area contributed by atoms with Gasteiger partial charge in [0.05, 0.1) is 0 Å². The van der Waals surface area contributed by atoms with E-state index in [2.05, 4.69) is 0 Å². The molecule has 0 aromatic rings. The lowest BCUT2D eigenvalue weighted by atomic mass is 10.2. The summed E-state index contributed by atoms with van der Waals surface area (Å²) in [5.74, 6) is -0.557. The fraction of sp³-hybridized carbons (Fsp3) is 0.750. The number of imide groups is 1. The standard InChI is InChI=1S/C16H27NO6/c18-10-1-3-12-22-16(23-13-4-2-11-19)6-5-9-17-14(20)7-8-15(17)21/h7-8,16,18-19H,1-6,9-13H2. The van der Waals surface area contributed by atoms with Crippen molar-refractivity contribution in [3.8, 4) is 0 Å². The van der Waals surface area contributed by atoms with Crippen LogP contribution in [-0.4, -0.2) is 66.2 Å². The maximum absolute atomic E-state index is 11.5. The van der Waals surface area contributed by atoms with Crippen molar-refractivity contribution in [1.82, 2.24) is 4.90 Å². The third kappa shape index (κ3) is 8.22. The lowest BCUT2D eigenvalue weighted by Crippen LogP contribution is -2.31. The Kier molecular flexibility index (Phi) is 10.5. The quantitative estimate of drug-likeness (QED) is 0.275. The van der Waals surface area contributed by atoms with Gasteiger partial charge in [0.25, 0.3) is 11.8 Å². The molecule has 1 aliphatic heterocycles. The number of carbonyl (C=O) groups is 2. The number of rotatable bonds is 14. The van der Waals surface area contributed by atoms with Crippen molar-refractivity contribution in [3.05, 3.63) is 12.2 Å². The van der Waals surface area contributed by atoms with E-state index in [1.54, 1.807) is 0 Å². The summed E-state index contributed by atoms with van der Waals surface area (Å²) in [5.41, 5.74) is 0. The van der Waals surface area contributed by atoms with E-state index < -0.39 is 6.29 Å². The normalized spacial score (nSPS) is 14.5. The molecular formula is C16H27NO6. The van der Waals surface area contributed by atoms with E-state index in [-0.39, 0.29) is 25.0 Å². The molecule has 0 unspecified atom stereocenters. The first-order chi connectivity index (χ1) is 11.2. The van der Waals surface area contributed by atoms with Crippen LogP contribution < -0.4 is 0 Å². The van der Waals surface area contributed by atoms with Crippen molar-refractivity contribution in [2.75, 3.05) is 33.0 Å². The molecule has 0 aliphatic carbocycles. The Hall–Kier alpha value is -1.28. The van der Waals surface area contributed by atoms with Crippen LogP contribution >= 0.6 is 0 Å². The Labute approximate surface area is 136 Å². The summed E-state index contributed by atoms with van der Waals surface area (Å²) in [5, 5.41) is 17.5. The second-order valence-corrected chi connectivity index (χ2v) is 5.34. The minimum atomic E-state index is -0.395. The Balaban J connectivity index is 2.26. The van der Waals surface area contributed by atoms with Gasteiger partial charge in [0.15, 0.2) is 6.29 Å². The van der Waals surface area contributed by atoms with E-state index in [1.807, 2.05) is 0 Å². The van der Waals surface area contributed by atoms with Gasteiger partial charge in [0.2, 0.25) is 0 Å². The van der Waals surface area contributed by atoms with Crippen molar-refractivity contribution < 1.29 is 29.3 Å². The Morgan fingerprint density at radius 3 is 1.87 bits per heavy atom. The monoisotopic (exact) mass is 329 g/mol. The number of carbonyl (C=O) groups excluding carboxylic acids is 2. The molecule has 7 nitrogen and oxygen atoms in total. The van der Waals surface area contributed by atoms with Crippen LogP contribution in [0.4, 0.5) is 0 Å². The fourth-order valence-electron chi connectivity index (χ4n) is 2.14. The van der Waals surface area contributed by atoms with Crippen molar-refractivity contribution in [3.63, 3.8) is 0 Å². The molecule has 0 radical (unpaired) electrons. The molecule has 1 rings (SSSR count). The number of ether oxygens (including phenoxy) is 2. The largest absolute Gasteiger partial charge is 0.396 e. The summed E-state index contributed by atoms with van der Waals surface area (Å²) in [6.45, 7) is 1.61. The summed E-state index contributed by atoms with van der Waals surface area (Å²) in [6.07, 6.45) is 6.19. The summed E-state index contributed by atoms with van der Waals surface area (Å²) in [4.78, 5) is 24.1. The Morgan fingerprint density at radius 2 is 1.39 bits per heavy atom. The molecule has 0 spiro atoms. The molecule has 0 aromatic heterocycles. The minimum Gasteiger partial charge on any atom is -0.396 e. The second-order valence-electron chi connectivity index (χ2n) is 5.34. The zero-order chi connectivity index (χ0) is 16.9. The molecule has 2 N–H and O–H groups in total. The number of aliphatic hydroxyl groups is 2. The zero-order valence-corrected chi connectivity index (χ0v) is 13.5. The predicted octanol–water partition coefficient (Wildman–Crippen LogP) is 0.596. The number of amides is 2. The molecule has 0 fully saturated rings. The predicted molar refractivity (Wildman–Crippen MR) is 83.4 cm³/mol. The molecule has 1 heterocycles. The highest BCUT2D eigenvalue weighted by molar-refractivity contribution is 6.12. The molecule has 23 heavy (non-hydrogen) atoms. The van der Waals surface area contributed by atoms with Gasteiger partial charge >= 0.3 is 0 Å². The SMILES string of the molecule is O=C1C=CC(=O)N1CCCC(OCCCCO)OCCCCO. The molecule has 1 aliphatic rings. The van der Waals surface area contributed by atoms with Crippen LogP contribution in [0.25, 0.3) is 0 Å². The third-order valence-electron chi connectivity index (χ3n) is 3.43. The van der Waals surface area contributed by atoms with Crippen molar-refractivity contribution in [1.29, 1.82) is 0 Å². The molecule has 0 atom stereocenters. The highest BCUT2D eigenvalue weighted by Crippen LogP contribution is 2.11. The minimum absolute atomic E-state index is 0.136. The van der Waals surface area contributed by atoms with Crippen LogP contribution in [0.5, 0.6) is 0 Å². The zero-order valence-electron chi connectivity index (χ0n) is 13.5. The number of unbranched alkanes of at least 4 members (excludes halogenated alkanes) is 2. The molecule has 2 amide bonds. The molecule has 132 valence electrons. The average molecular weight is 329 g/mol. The fourth-order valence-corrected chi connectivity index (χ4v) is 2.14. The summed E-state index contributed by atoms with van der Waals surface area (Å²) < 4.78 is 11.3. The van der Waals surface area contributed by atoms with Gasteiger partial charge in [-0.2, -0.15) is 0 Å². The lowest BCUT2D eigenvalue weighted by molar-refractivity contribution is -0.150. The van der Waals surface area contributed by atoms with Gasteiger partial charge in [-0.25, -0.2) is 0 Å². The highest BCUT2D eigenvalue weighted by Gasteiger charge is 2.23. The highest BCUT2D eigenvalue weighted by atomic mass is 16.7. The maximum Gasteiger partial charge on any atom is 0.253 e. The lowest BCUT2D eigenvalue weighted by Gasteiger charge is -2.20. The Bertz CT molecular complexity index is 355. The van der Waals surface area contributed by atoms with Crippen molar-refractivity contribution >= 4 is 11.8 Å². The van der Waals surface area contributed by atoms with Crippen LogP contribution in [0.3, 0.4) is 0 Å². The first-order valence-corrected chi connectivity index (χ1v) is 8.17. The topological polar surface area (TPSA) is 96.3 Å². The van der Waals surface area contributed by atoms with Crippen molar-refractivity contribution in [2.24, 2.45) is 0 Å². The van der Waals surface area contributed by atoms with Gasteiger partial charge in [0.1, 0.15) is 0 Å². The van der Waals surface area contributed by atoms with Crippen LogP contribution in [0.2, 0.25) is 0 Å². The number of hydrogen-bond donors (Lipinski definition) is 2. The first kappa shape index (κ1) is 19.8. The Morgan fingerprint density at radius 1 is 0.870 bits per heavy atom. The van der Waals surface area contributed by atoms with E-state index in [9.17, 15) is 9.59 Å². The number of aliphatic hydroxyl groups excluding tert-OH is 2. The van der Waals surface area contributed by atoms with Gasteiger partial charge in [-0.1, -0.05) is 0 Å². The van der Waals surface area contributed by atoms with E-state index in [4.69, 9.17) is 19.7 Å². The van der Waals surface area contributed by atoms with Crippen LogP contribution in [-0.2, 0) is 19.1 Å². The van der Waals surface area contributed by atoms with Gasteiger partial charge in [-0.05, 0) is 32.1 Å². The summed E-state index contributed by atoms with van der Waals surface area (Å²) in [6, 6.07) is 0. The molecule has 0 saturated heterocycles.